The van der Waals surface area contributed by atoms with Gasteiger partial charge in [-0.05, 0) is 29.8 Å². The first-order valence-electron chi connectivity index (χ1n) is 11.7. The first-order chi connectivity index (χ1) is 17.1. The number of anilines is 1. The second-order valence-electron chi connectivity index (χ2n) is 8.63. The Morgan fingerprint density at radius 1 is 0.886 bits per heavy atom. The first kappa shape index (κ1) is 23.3. The summed E-state index contributed by atoms with van der Waals surface area (Å²) in [5.74, 6) is -0.749. The molecule has 0 saturated carbocycles. The summed E-state index contributed by atoms with van der Waals surface area (Å²) in [6.45, 7) is 3.66. The number of nitrogens with zero attached hydrogens (tertiary/aromatic N) is 3. The molecule has 3 aromatic rings. The van der Waals surface area contributed by atoms with Crippen molar-refractivity contribution in [2.24, 2.45) is 0 Å². The van der Waals surface area contributed by atoms with E-state index in [9.17, 15) is 14.0 Å². The number of amides is 2. The lowest BCUT2D eigenvalue weighted by molar-refractivity contribution is -0.132. The van der Waals surface area contributed by atoms with Crippen molar-refractivity contribution < 1.29 is 14.0 Å². The van der Waals surface area contributed by atoms with Crippen LogP contribution in [0.25, 0.3) is 6.08 Å². The van der Waals surface area contributed by atoms with E-state index < -0.39 is 0 Å². The van der Waals surface area contributed by atoms with Crippen molar-refractivity contribution in [3.05, 3.63) is 101 Å². The number of para-hydroxylation sites is 1. The summed E-state index contributed by atoms with van der Waals surface area (Å²) in [7, 11) is 0. The molecule has 0 unspecified atom stereocenters. The Balaban J connectivity index is 1.29. The standard InChI is InChI=1S/C28H26FN3O2S/c29-23-11-5-4-10-22(23)18-26-28(34)32(24-12-6-7-13-25(24)35-26)20-27(33)31-16-14-30(15-17-31)19-21-8-2-1-3-9-21/h1-13,18H,14-17,19-20H2/b26-18-. The van der Waals surface area contributed by atoms with E-state index in [0.717, 1.165) is 24.5 Å². The number of halogens is 1. The van der Waals surface area contributed by atoms with Crippen molar-refractivity contribution >= 4 is 35.3 Å². The van der Waals surface area contributed by atoms with Crippen molar-refractivity contribution in [2.75, 3.05) is 37.6 Å². The van der Waals surface area contributed by atoms with E-state index in [1.54, 1.807) is 24.3 Å². The number of thioether (sulfide) groups is 1. The number of piperazine rings is 1. The fourth-order valence-corrected chi connectivity index (χ4v) is 5.43. The third kappa shape index (κ3) is 5.31. The van der Waals surface area contributed by atoms with Gasteiger partial charge in [-0.25, -0.2) is 4.39 Å². The number of benzene rings is 3. The summed E-state index contributed by atoms with van der Waals surface area (Å²) in [6, 6.07) is 24.2. The molecule has 0 N–H and O–H groups in total. The Morgan fingerprint density at radius 3 is 2.34 bits per heavy atom. The van der Waals surface area contributed by atoms with E-state index in [1.165, 1.54) is 28.3 Å². The maximum atomic E-state index is 14.2. The van der Waals surface area contributed by atoms with Gasteiger partial charge in [-0.2, -0.15) is 0 Å². The summed E-state index contributed by atoms with van der Waals surface area (Å²) in [5, 5.41) is 0. The lowest BCUT2D eigenvalue weighted by Gasteiger charge is -2.37. The van der Waals surface area contributed by atoms with Gasteiger partial charge in [0, 0.05) is 43.2 Å². The van der Waals surface area contributed by atoms with Crippen LogP contribution in [0, 0.1) is 5.82 Å². The number of fused-ring (bicyclic) bond motifs is 1. The van der Waals surface area contributed by atoms with Crippen LogP contribution in [0.2, 0.25) is 0 Å². The molecule has 35 heavy (non-hydrogen) atoms. The number of hydrogen-bond acceptors (Lipinski definition) is 4. The van der Waals surface area contributed by atoms with Crippen LogP contribution in [-0.4, -0.2) is 54.3 Å². The van der Waals surface area contributed by atoms with Crippen LogP contribution in [0.1, 0.15) is 11.1 Å². The van der Waals surface area contributed by atoms with Crippen LogP contribution in [0.4, 0.5) is 10.1 Å². The summed E-state index contributed by atoms with van der Waals surface area (Å²) < 4.78 is 14.2. The average Bonchev–Trinajstić information content (AvgIpc) is 2.89. The number of carbonyl (C=O) groups is 2. The maximum Gasteiger partial charge on any atom is 0.265 e. The molecule has 178 valence electrons. The monoisotopic (exact) mass is 487 g/mol. The normalized spacial score (nSPS) is 17.5. The molecule has 0 spiro atoms. The molecule has 0 aliphatic carbocycles. The highest BCUT2D eigenvalue weighted by atomic mass is 32.2. The molecule has 0 aromatic heterocycles. The highest BCUT2D eigenvalue weighted by molar-refractivity contribution is 8.04. The van der Waals surface area contributed by atoms with Gasteiger partial charge in [-0.15, -0.1) is 0 Å². The fourth-order valence-electron chi connectivity index (χ4n) is 4.38. The molecule has 2 aliphatic heterocycles. The van der Waals surface area contributed by atoms with Gasteiger partial charge in [0.15, 0.2) is 0 Å². The molecule has 1 fully saturated rings. The molecule has 2 heterocycles. The lowest BCUT2D eigenvalue weighted by atomic mass is 10.2. The van der Waals surface area contributed by atoms with E-state index in [1.807, 2.05) is 47.4 Å². The van der Waals surface area contributed by atoms with Crippen LogP contribution in [-0.2, 0) is 16.1 Å². The molecule has 3 aromatic carbocycles. The van der Waals surface area contributed by atoms with Crippen molar-refractivity contribution in [1.29, 1.82) is 0 Å². The van der Waals surface area contributed by atoms with Crippen molar-refractivity contribution in [3.8, 4) is 0 Å². The zero-order valence-electron chi connectivity index (χ0n) is 19.3. The third-order valence-corrected chi connectivity index (χ3v) is 7.37. The molecular formula is C28H26FN3O2S. The number of carbonyl (C=O) groups excluding carboxylic acids is 2. The Bertz CT molecular complexity index is 1260. The van der Waals surface area contributed by atoms with Crippen LogP contribution >= 0.6 is 11.8 Å². The van der Waals surface area contributed by atoms with E-state index in [2.05, 4.69) is 17.0 Å². The molecule has 7 heteroatoms. The zero-order chi connectivity index (χ0) is 24.2. The minimum Gasteiger partial charge on any atom is -0.339 e. The van der Waals surface area contributed by atoms with Gasteiger partial charge >= 0.3 is 0 Å². The predicted octanol–water partition coefficient (Wildman–Crippen LogP) is 4.65. The molecular weight excluding hydrogens is 461 g/mol. The van der Waals surface area contributed by atoms with Gasteiger partial charge in [0.2, 0.25) is 5.91 Å². The van der Waals surface area contributed by atoms with Crippen LogP contribution in [0.15, 0.2) is 88.7 Å². The maximum absolute atomic E-state index is 14.2. The smallest absolute Gasteiger partial charge is 0.265 e. The van der Waals surface area contributed by atoms with E-state index in [-0.39, 0.29) is 24.2 Å². The van der Waals surface area contributed by atoms with Crippen molar-refractivity contribution in [3.63, 3.8) is 0 Å². The average molecular weight is 488 g/mol. The highest BCUT2D eigenvalue weighted by Gasteiger charge is 2.32. The van der Waals surface area contributed by atoms with Gasteiger partial charge in [0.25, 0.3) is 5.91 Å². The number of hydrogen-bond donors (Lipinski definition) is 0. The predicted molar refractivity (Wildman–Crippen MR) is 137 cm³/mol. The molecule has 0 bridgehead atoms. The lowest BCUT2D eigenvalue weighted by Crippen LogP contribution is -2.52. The molecule has 2 aliphatic rings. The second kappa shape index (κ2) is 10.5. The Kier molecular flexibility index (Phi) is 6.97. The second-order valence-corrected chi connectivity index (χ2v) is 9.72. The molecule has 0 radical (unpaired) electrons. The topological polar surface area (TPSA) is 43.9 Å². The molecule has 0 atom stereocenters. The van der Waals surface area contributed by atoms with Crippen LogP contribution in [0.5, 0.6) is 0 Å². The summed E-state index contributed by atoms with van der Waals surface area (Å²) in [6.07, 6.45) is 1.57. The third-order valence-electron chi connectivity index (χ3n) is 6.29. The van der Waals surface area contributed by atoms with Crippen LogP contribution < -0.4 is 4.90 Å². The minimum atomic E-state index is -0.386. The van der Waals surface area contributed by atoms with Gasteiger partial charge < -0.3 is 4.90 Å². The van der Waals surface area contributed by atoms with Gasteiger partial charge in [-0.1, -0.05) is 72.4 Å². The molecule has 2 amide bonds. The quantitative estimate of drug-likeness (QED) is 0.492. The first-order valence-corrected chi connectivity index (χ1v) is 12.5. The largest absolute Gasteiger partial charge is 0.339 e. The Morgan fingerprint density at radius 2 is 1.57 bits per heavy atom. The van der Waals surface area contributed by atoms with E-state index in [4.69, 9.17) is 0 Å². The van der Waals surface area contributed by atoms with Crippen molar-refractivity contribution in [1.82, 2.24) is 9.80 Å². The zero-order valence-corrected chi connectivity index (χ0v) is 20.1. The highest BCUT2D eigenvalue weighted by Crippen LogP contribution is 2.42. The molecule has 5 nitrogen and oxygen atoms in total. The number of rotatable bonds is 5. The summed E-state index contributed by atoms with van der Waals surface area (Å²) in [4.78, 5) is 33.6. The van der Waals surface area contributed by atoms with Crippen molar-refractivity contribution in [2.45, 2.75) is 11.4 Å². The van der Waals surface area contributed by atoms with Gasteiger partial charge in [0.05, 0.1) is 10.6 Å². The SMILES string of the molecule is O=C(CN1C(=O)/C(=C/c2ccccc2F)Sc2ccccc21)N1CCN(Cc2ccccc2)CC1. The Hall–Kier alpha value is -3.42. The van der Waals surface area contributed by atoms with Crippen LogP contribution in [0.3, 0.4) is 0 Å². The minimum absolute atomic E-state index is 0.0380. The fraction of sp³-hybridized carbons (Fsp3) is 0.214. The summed E-state index contributed by atoms with van der Waals surface area (Å²) >= 11 is 1.31. The summed E-state index contributed by atoms with van der Waals surface area (Å²) in [5.41, 5.74) is 2.32. The van der Waals surface area contributed by atoms with Gasteiger partial charge in [0.1, 0.15) is 12.4 Å². The van der Waals surface area contributed by atoms with E-state index >= 15 is 0 Å². The van der Waals surface area contributed by atoms with E-state index in [0.29, 0.717) is 29.2 Å². The Labute approximate surface area is 208 Å². The molecule has 5 rings (SSSR count). The molecule has 1 saturated heterocycles. The van der Waals surface area contributed by atoms with Gasteiger partial charge in [-0.3, -0.25) is 19.4 Å².